The fraction of sp³-hybridized carbons (Fsp3) is 0.154. The van der Waals surface area contributed by atoms with Gasteiger partial charge >= 0.3 is 5.97 Å². The Kier molecular flexibility index (Phi) is 4.46. The standard InChI is InChI=1S/C11H7FO3.C2H6/c12-9-6-7(11(13)14)3-4-8(9)10-2-1-5-15-10;1-2/h1-6H,(H,13,14);1-2H3. The van der Waals surface area contributed by atoms with E-state index in [2.05, 4.69) is 0 Å². The third kappa shape index (κ3) is 2.93. The Hall–Kier alpha value is -2.10. The fourth-order valence-electron chi connectivity index (χ4n) is 1.28. The number of furan rings is 1. The van der Waals surface area contributed by atoms with Crippen LogP contribution in [0.3, 0.4) is 0 Å². The van der Waals surface area contributed by atoms with Crippen molar-refractivity contribution in [2.75, 3.05) is 0 Å². The molecular weight excluding hydrogens is 223 g/mol. The summed E-state index contributed by atoms with van der Waals surface area (Å²) in [5.41, 5.74) is 0.174. The maximum atomic E-state index is 13.5. The van der Waals surface area contributed by atoms with Crippen molar-refractivity contribution < 1.29 is 18.7 Å². The molecule has 1 aromatic heterocycles. The Labute approximate surface area is 98.5 Å². The summed E-state index contributed by atoms with van der Waals surface area (Å²) in [5, 5.41) is 8.64. The summed E-state index contributed by atoms with van der Waals surface area (Å²) >= 11 is 0. The molecule has 2 rings (SSSR count). The summed E-state index contributed by atoms with van der Waals surface area (Å²) in [7, 11) is 0. The van der Waals surface area contributed by atoms with Crippen LogP contribution in [0, 0.1) is 5.82 Å². The topological polar surface area (TPSA) is 50.4 Å². The molecule has 3 nitrogen and oxygen atoms in total. The highest BCUT2D eigenvalue weighted by atomic mass is 19.1. The van der Waals surface area contributed by atoms with Gasteiger partial charge in [0, 0.05) is 0 Å². The second-order valence-electron chi connectivity index (χ2n) is 2.98. The van der Waals surface area contributed by atoms with E-state index in [0.717, 1.165) is 6.07 Å². The summed E-state index contributed by atoms with van der Waals surface area (Å²) in [5.74, 6) is -1.38. The van der Waals surface area contributed by atoms with Crippen LogP contribution < -0.4 is 0 Å². The Morgan fingerprint density at radius 3 is 2.47 bits per heavy atom. The highest BCUT2D eigenvalue weighted by Gasteiger charge is 2.11. The molecule has 90 valence electrons. The van der Waals surface area contributed by atoms with Gasteiger partial charge < -0.3 is 9.52 Å². The second-order valence-corrected chi connectivity index (χ2v) is 2.98. The average Bonchev–Trinajstić information content (AvgIpc) is 2.85. The molecule has 0 saturated heterocycles. The number of carboxylic acids is 1. The number of hydrogen-bond acceptors (Lipinski definition) is 2. The van der Waals surface area contributed by atoms with E-state index in [-0.39, 0.29) is 11.1 Å². The van der Waals surface area contributed by atoms with Crippen molar-refractivity contribution in [2.45, 2.75) is 13.8 Å². The van der Waals surface area contributed by atoms with Crippen molar-refractivity contribution in [1.29, 1.82) is 0 Å². The molecule has 0 amide bonds. The van der Waals surface area contributed by atoms with Gasteiger partial charge in [-0.2, -0.15) is 0 Å². The van der Waals surface area contributed by atoms with Crippen molar-refractivity contribution in [1.82, 2.24) is 0 Å². The summed E-state index contributed by atoms with van der Waals surface area (Å²) in [6.07, 6.45) is 1.43. The minimum Gasteiger partial charge on any atom is -0.478 e. The first-order valence-electron chi connectivity index (χ1n) is 5.25. The molecule has 0 fully saturated rings. The molecule has 1 N–H and O–H groups in total. The predicted octanol–water partition coefficient (Wildman–Crippen LogP) is 3.81. The van der Waals surface area contributed by atoms with Crippen LogP contribution >= 0.6 is 0 Å². The minimum atomic E-state index is -1.15. The maximum Gasteiger partial charge on any atom is 0.335 e. The van der Waals surface area contributed by atoms with Crippen molar-refractivity contribution in [2.24, 2.45) is 0 Å². The molecule has 0 aliphatic rings. The van der Waals surface area contributed by atoms with Crippen LogP contribution in [0.2, 0.25) is 0 Å². The normalized spacial score (nSPS) is 9.35. The molecule has 0 unspecified atom stereocenters. The molecule has 0 bridgehead atoms. The predicted molar refractivity (Wildman–Crippen MR) is 62.4 cm³/mol. The first-order valence-corrected chi connectivity index (χ1v) is 5.25. The van der Waals surface area contributed by atoms with E-state index >= 15 is 0 Å². The number of carboxylic acid groups (broad SMARTS) is 1. The fourth-order valence-corrected chi connectivity index (χ4v) is 1.28. The molecule has 0 atom stereocenters. The SMILES string of the molecule is CC.O=C(O)c1ccc(-c2ccco2)c(F)c1. The van der Waals surface area contributed by atoms with Crippen LogP contribution in [-0.4, -0.2) is 11.1 Å². The molecule has 1 heterocycles. The molecule has 0 spiro atoms. The van der Waals surface area contributed by atoms with Crippen molar-refractivity contribution in [3.63, 3.8) is 0 Å². The van der Waals surface area contributed by atoms with Crippen molar-refractivity contribution in [3.8, 4) is 11.3 Å². The molecule has 4 heteroatoms. The van der Waals surface area contributed by atoms with E-state index in [1.54, 1.807) is 12.1 Å². The number of halogens is 1. The van der Waals surface area contributed by atoms with E-state index in [0.29, 0.717) is 5.76 Å². The number of aromatic carboxylic acids is 1. The monoisotopic (exact) mass is 236 g/mol. The lowest BCUT2D eigenvalue weighted by Gasteiger charge is -2.00. The maximum absolute atomic E-state index is 13.5. The lowest BCUT2D eigenvalue weighted by Crippen LogP contribution is -1.97. The Bertz CT molecular complexity index is 489. The highest BCUT2D eigenvalue weighted by Crippen LogP contribution is 2.23. The van der Waals surface area contributed by atoms with Crippen LogP contribution in [-0.2, 0) is 0 Å². The highest BCUT2D eigenvalue weighted by molar-refractivity contribution is 5.88. The summed E-state index contributed by atoms with van der Waals surface area (Å²) in [6, 6.07) is 6.94. The molecule has 17 heavy (non-hydrogen) atoms. The number of hydrogen-bond donors (Lipinski definition) is 1. The molecule has 0 aliphatic carbocycles. The quantitative estimate of drug-likeness (QED) is 0.862. The van der Waals surface area contributed by atoms with Crippen LogP contribution in [0.1, 0.15) is 24.2 Å². The van der Waals surface area contributed by atoms with E-state index in [1.165, 1.54) is 18.4 Å². The molecule has 0 aliphatic heterocycles. The zero-order chi connectivity index (χ0) is 12.8. The lowest BCUT2D eigenvalue weighted by atomic mass is 10.1. The van der Waals surface area contributed by atoms with E-state index < -0.39 is 11.8 Å². The first-order chi connectivity index (χ1) is 8.18. The average molecular weight is 236 g/mol. The molecular formula is C13H13FO3. The molecule has 1 aromatic carbocycles. The third-order valence-electron chi connectivity index (χ3n) is 2.00. The molecule has 0 saturated carbocycles. The van der Waals surface area contributed by atoms with E-state index in [1.807, 2.05) is 13.8 Å². The van der Waals surface area contributed by atoms with Gasteiger partial charge in [-0.05, 0) is 30.3 Å². The number of carbonyl (C=O) groups is 1. The third-order valence-corrected chi connectivity index (χ3v) is 2.00. The van der Waals surface area contributed by atoms with Crippen LogP contribution in [0.25, 0.3) is 11.3 Å². The second kappa shape index (κ2) is 5.84. The zero-order valence-electron chi connectivity index (χ0n) is 9.61. The minimum absolute atomic E-state index is 0.0807. The largest absolute Gasteiger partial charge is 0.478 e. The van der Waals surface area contributed by atoms with Gasteiger partial charge in [-0.1, -0.05) is 13.8 Å². The van der Waals surface area contributed by atoms with Gasteiger partial charge in [0.2, 0.25) is 0 Å². The van der Waals surface area contributed by atoms with Crippen LogP contribution in [0.4, 0.5) is 4.39 Å². The van der Waals surface area contributed by atoms with Gasteiger partial charge in [0.05, 0.1) is 17.4 Å². The van der Waals surface area contributed by atoms with Gasteiger partial charge in [0.15, 0.2) is 0 Å². The van der Waals surface area contributed by atoms with Gasteiger partial charge in [-0.3, -0.25) is 0 Å². The van der Waals surface area contributed by atoms with Crippen LogP contribution in [0.5, 0.6) is 0 Å². The van der Waals surface area contributed by atoms with Gasteiger partial charge in [-0.25, -0.2) is 9.18 Å². The number of rotatable bonds is 2. The molecule has 0 radical (unpaired) electrons. The van der Waals surface area contributed by atoms with E-state index in [4.69, 9.17) is 9.52 Å². The Morgan fingerprint density at radius 1 is 1.29 bits per heavy atom. The summed E-state index contributed by atoms with van der Waals surface area (Å²) < 4.78 is 18.5. The Morgan fingerprint density at radius 2 is 2.00 bits per heavy atom. The van der Waals surface area contributed by atoms with E-state index in [9.17, 15) is 9.18 Å². The van der Waals surface area contributed by atoms with Gasteiger partial charge in [0.25, 0.3) is 0 Å². The number of benzene rings is 1. The summed E-state index contributed by atoms with van der Waals surface area (Å²) in [4.78, 5) is 10.6. The van der Waals surface area contributed by atoms with Crippen molar-refractivity contribution in [3.05, 3.63) is 48.0 Å². The Balaban J connectivity index is 0.000000686. The zero-order valence-corrected chi connectivity index (χ0v) is 9.61. The first kappa shape index (κ1) is 13.0. The van der Waals surface area contributed by atoms with Gasteiger partial charge in [0.1, 0.15) is 11.6 Å². The smallest absolute Gasteiger partial charge is 0.335 e. The van der Waals surface area contributed by atoms with Gasteiger partial charge in [-0.15, -0.1) is 0 Å². The van der Waals surface area contributed by atoms with Crippen molar-refractivity contribution >= 4 is 5.97 Å². The lowest BCUT2D eigenvalue weighted by molar-refractivity contribution is 0.0696. The summed E-state index contributed by atoms with van der Waals surface area (Å²) in [6.45, 7) is 4.00. The van der Waals surface area contributed by atoms with Crippen LogP contribution in [0.15, 0.2) is 41.0 Å². The molecule has 2 aromatic rings.